The largest absolute Gasteiger partial charge is 0.335 e. The van der Waals surface area contributed by atoms with E-state index in [1.807, 2.05) is 41.2 Å². The van der Waals surface area contributed by atoms with Gasteiger partial charge in [0.1, 0.15) is 34.9 Å². The highest BCUT2D eigenvalue weighted by Gasteiger charge is 2.30. The summed E-state index contributed by atoms with van der Waals surface area (Å²) in [6, 6.07) is 16.1. The van der Waals surface area contributed by atoms with Crippen LogP contribution in [0.4, 0.5) is 4.39 Å². The lowest BCUT2D eigenvalue weighted by Gasteiger charge is -2.24. The minimum absolute atomic E-state index is 0.0720. The van der Waals surface area contributed by atoms with Crippen molar-refractivity contribution in [2.45, 2.75) is 6.04 Å². The van der Waals surface area contributed by atoms with E-state index in [2.05, 4.69) is 19.9 Å². The lowest BCUT2D eigenvalue weighted by Crippen LogP contribution is -2.33. The van der Waals surface area contributed by atoms with E-state index in [0.29, 0.717) is 39.9 Å². The number of aromatic nitrogens is 6. The Labute approximate surface area is 184 Å². The lowest BCUT2D eigenvalue weighted by atomic mass is 10.1. The molecule has 0 saturated carbocycles. The summed E-state index contributed by atoms with van der Waals surface area (Å²) in [6.07, 6.45) is 3.40. The zero-order valence-corrected chi connectivity index (χ0v) is 17.6. The number of fused-ring (bicyclic) bond motifs is 1. The van der Waals surface area contributed by atoms with Crippen molar-refractivity contribution in [1.29, 1.82) is 0 Å². The first kappa shape index (κ1) is 19.0. The maximum atomic E-state index is 13.5. The fraction of sp³-hybridized carbons (Fsp3) is 0.130. The van der Waals surface area contributed by atoms with Crippen molar-refractivity contribution < 1.29 is 8.60 Å². The van der Waals surface area contributed by atoms with E-state index in [4.69, 9.17) is 5.10 Å². The summed E-state index contributed by atoms with van der Waals surface area (Å²) in [4.78, 5) is 16.9. The van der Waals surface area contributed by atoms with E-state index in [1.54, 1.807) is 12.1 Å². The van der Waals surface area contributed by atoms with Crippen molar-refractivity contribution in [3.8, 4) is 33.9 Å². The van der Waals surface area contributed by atoms with Crippen LogP contribution in [-0.2, 0) is 10.8 Å². The molecule has 32 heavy (non-hydrogen) atoms. The molecule has 1 N–H and O–H groups in total. The molecule has 0 unspecified atom stereocenters. The maximum absolute atomic E-state index is 13.5. The maximum Gasteiger partial charge on any atom is 0.181 e. The summed E-state index contributed by atoms with van der Waals surface area (Å²) in [7, 11) is -0.804. The standard InChI is InChI=1S/C23H17FN6OS/c24-16-8-6-14(7-9-16)19-18(10-30(29-19)17-11-32(31)12-17)20-21-23(26-13-25-20)28-22(27-21)15-4-2-1-3-5-15/h1-10,13,17H,11-12H2,(H,25,26,27,28). The van der Waals surface area contributed by atoms with Gasteiger partial charge in [-0.2, -0.15) is 5.10 Å². The molecule has 158 valence electrons. The smallest absolute Gasteiger partial charge is 0.181 e. The Morgan fingerprint density at radius 2 is 1.75 bits per heavy atom. The van der Waals surface area contributed by atoms with Gasteiger partial charge in [-0.1, -0.05) is 30.3 Å². The molecule has 0 aliphatic carbocycles. The third kappa shape index (κ3) is 3.21. The fourth-order valence-electron chi connectivity index (χ4n) is 3.87. The predicted molar refractivity (Wildman–Crippen MR) is 121 cm³/mol. The van der Waals surface area contributed by atoms with Crippen molar-refractivity contribution in [3.63, 3.8) is 0 Å². The van der Waals surface area contributed by atoms with E-state index in [9.17, 15) is 8.60 Å². The fourth-order valence-corrected chi connectivity index (χ4v) is 4.94. The molecule has 0 radical (unpaired) electrons. The Balaban J connectivity index is 1.53. The molecule has 9 heteroatoms. The van der Waals surface area contributed by atoms with Crippen LogP contribution < -0.4 is 0 Å². The monoisotopic (exact) mass is 444 g/mol. The van der Waals surface area contributed by atoms with Crippen molar-refractivity contribution >= 4 is 22.0 Å². The van der Waals surface area contributed by atoms with Gasteiger partial charge >= 0.3 is 0 Å². The minimum Gasteiger partial charge on any atom is -0.335 e. The summed E-state index contributed by atoms with van der Waals surface area (Å²) >= 11 is 0. The molecular weight excluding hydrogens is 427 g/mol. The van der Waals surface area contributed by atoms with Crippen LogP contribution in [0.2, 0.25) is 0 Å². The highest BCUT2D eigenvalue weighted by Crippen LogP contribution is 2.35. The van der Waals surface area contributed by atoms with Crippen LogP contribution in [0.1, 0.15) is 6.04 Å². The van der Waals surface area contributed by atoms with Crippen LogP contribution >= 0.6 is 0 Å². The minimum atomic E-state index is -0.804. The van der Waals surface area contributed by atoms with Gasteiger partial charge < -0.3 is 4.98 Å². The molecule has 4 heterocycles. The number of imidazole rings is 1. The zero-order valence-electron chi connectivity index (χ0n) is 16.8. The molecule has 7 nitrogen and oxygen atoms in total. The SMILES string of the molecule is O=S1CC(n2cc(-c3ncnc4nc(-c5ccccc5)[nH]c34)c(-c3ccc(F)cc3)n2)C1. The summed E-state index contributed by atoms with van der Waals surface area (Å²) in [5.41, 5.74) is 5.10. The number of rotatable bonds is 4. The Kier molecular flexibility index (Phi) is 4.43. The van der Waals surface area contributed by atoms with Gasteiger partial charge in [-0.25, -0.2) is 19.3 Å². The van der Waals surface area contributed by atoms with E-state index in [1.165, 1.54) is 18.5 Å². The van der Waals surface area contributed by atoms with Gasteiger partial charge in [0, 0.05) is 45.2 Å². The molecule has 0 amide bonds. The molecule has 6 rings (SSSR count). The number of hydrogen-bond donors (Lipinski definition) is 1. The number of nitrogens with zero attached hydrogens (tertiary/aromatic N) is 5. The summed E-state index contributed by atoms with van der Waals surface area (Å²) in [6.45, 7) is 0. The molecule has 0 spiro atoms. The van der Waals surface area contributed by atoms with Crippen LogP contribution in [0.25, 0.3) is 45.1 Å². The second kappa shape index (κ2) is 7.45. The molecule has 0 bridgehead atoms. The van der Waals surface area contributed by atoms with Crippen LogP contribution in [-0.4, -0.2) is 45.4 Å². The Hall–Kier alpha value is -3.72. The van der Waals surface area contributed by atoms with Crippen molar-refractivity contribution in [1.82, 2.24) is 29.7 Å². The predicted octanol–water partition coefficient (Wildman–Crippen LogP) is 3.99. The molecule has 1 saturated heterocycles. The van der Waals surface area contributed by atoms with Gasteiger partial charge in [0.15, 0.2) is 5.65 Å². The average Bonchev–Trinajstić information content (AvgIpc) is 3.43. The van der Waals surface area contributed by atoms with Crippen LogP contribution in [0, 0.1) is 5.82 Å². The number of nitrogens with one attached hydrogen (secondary N) is 1. The van der Waals surface area contributed by atoms with E-state index in [0.717, 1.165) is 16.7 Å². The van der Waals surface area contributed by atoms with Crippen molar-refractivity contribution in [3.05, 3.63) is 72.9 Å². The van der Waals surface area contributed by atoms with Gasteiger partial charge in [0.25, 0.3) is 0 Å². The van der Waals surface area contributed by atoms with E-state index < -0.39 is 10.8 Å². The van der Waals surface area contributed by atoms with Gasteiger partial charge in [-0.05, 0) is 24.3 Å². The lowest BCUT2D eigenvalue weighted by molar-refractivity contribution is 0.507. The average molecular weight is 444 g/mol. The summed E-state index contributed by atoms with van der Waals surface area (Å²) < 4.78 is 27.0. The number of benzene rings is 2. The molecule has 0 atom stereocenters. The van der Waals surface area contributed by atoms with E-state index in [-0.39, 0.29) is 11.9 Å². The van der Waals surface area contributed by atoms with Gasteiger partial charge in [0.2, 0.25) is 0 Å². The Morgan fingerprint density at radius 1 is 0.969 bits per heavy atom. The summed E-state index contributed by atoms with van der Waals surface area (Å²) in [5, 5.41) is 4.78. The molecular formula is C23H17FN6OS. The molecule has 3 aromatic heterocycles. The topological polar surface area (TPSA) is 89.4 Å². The Morgan fingerprint density at radius 3 is 2.50 bits per heavy atom. The van der Waals surface area contributed by atoms with Crippen molar-refractivity contribution in [2.24, 2.45) is 0 Å². The molecule has 1 fully saturated rings. The van der Waals surface area contributed by atoms with Crippen LogP contribution in [0.5, 0.6) is 0 Å². The molecule has 2 aromatic carbocycles. The quantitative estimate of drug-likeness (QED) is 0.453. The first-order valence-electron chi connectivity index (χ1n) is 10.1. The van der Waals surface area contributed by atoms with Gasteiger partial charge in [-0.3, -0.25) is 8.89 Å². The first-order valence-corrected chi connectivity index (χ1v) is 11.6. The number of halogens is 1. The Bertz CT molecular complexity index is 1450. The van der Waals surface area contributed by atoms with Crippen molar-refractivity contribution in [2.75, 3.05) is 11.5 Å². The third-order valence-electron chi connectivity index (χ3n) is 5.57. The second-order valence-electron chi connectivity index (χ2n) is 7.68. The number of hydrogen-bond acceptors (Lipinski definition) is 5. The molecule has 5 aromatic rings. The second-order valence-corrected chi connectivity index (χ2v) is 9.22. The summed E-state index contributed by atoms with van der Waals surface area (Å²) in [5.74, 6) is 1.54. The van der Waals surface area contributed by atoms with E-state index >= 15 is 0 Å². The van der Waals surface area contributed by atoms with Gasteiger partial charge in [-0.15, -0.1) is 0 Å². The number of aromatic amines is 1. The highest BCUT2D eigenvalue weighted by atomic mass is 32.2. The zero-order chi connectivity index (χ0) is 21.7. The third-order valence-corrected chi connectivity index (χ3v) is 7.08. The number of H-pyrrole nitrogens is 1. The van der Waals surface area contributed by atoms with Crippen LogP contribution in [0.3, 0.4) is 0 Å². The first-order chi connectivity index (χ1) is 15.7. The van der Waals surface area contributed by atoms with Crippen LogP contribution in [0.15, 0.2) is 67.1 Å². The highest BCUT2D eigenvalue weighted by molar-refractivity contribution is 7.86. The molecule has 1 aliphatic rings. The van der Waals surface area contributed by atoms with Gasteiger partial charge in [0.05, 0.1) is 6.04 Å². The normalized spacial score (nSPS) is 18.0. The molecule has 1 aliphatic heterocycles.